The van der Waals surface area contributed by atoms with Gasteiger partial charge in [-0.1, -0.05) is 12.0 Å². The summed E-state index contributed by atoms with van der Waals surface area (Å²) in [7, 11) is 0. The highest BCUT2D eigenvalue weighted by Gasteiger charge is 2.01. The number of carbonyl (C=O) groups is 1. The van der Waals surface area contributed by atoms with Crippen LogP contribution in [0.15, 0.2) is 22.7 Å². The second-order valence-electron chi connectivity index (χ2n) is 2.16. The first kappa shape index (κ1) is 9.75. The van der Waals surface area contributed by atoms with Gasteiger partial charge in [-0.3, -0.25) is 0 Å². The summed E-state index contributed by atoms with van der Waals surface area (Å²) in [6.45, 7) is 0. The molecule has 0 radical (unpaired) electrons. The van der Waals surface area contributed by atoms with Crippen molar-refractivity contribution in [1.29, 1.82) is 0 Å². The molecule has 0 atom stereocenters. The minimum Gasteiger partial charge on any atom is -0.472 e. The van der Waals surface area contributed by atoms with Crippen molar-refractivity contribution in [2.24, 2.45) is 0 Å². The van der Waals surface area contributed by atoms with Gasteiger partial charge in [-0.05, 0) is 28.1 Å². The molecule has 13 heavy (non-hydrogen) atoms. The van der Waals surface area contributed by atoms with Crippen molar-refractivity contribution in [2.45, 2.75) is 0 Å². The van der Waals surface area contributed by atoms with Crippen LogP contribution in [-0.2, 0) is 4.79 Å². The van der Waals surface area contributed by atoms with Gasteiger partial charge in [0, 0.05) is 11.5 Å². The van der Waals surface area contributed by atoms with Gasteiger partial charge in [-0.2, -0.15) is 0 Å². The van der Waals surface area contributed by atoms with Crippen molar-refractivity contribution in [2.75, 3.05) is 0 Å². The number of halogens is 2. The molecule has 4 heteroatoms. The quantitative estimate of drug-likeness (QED) is 0.708. The van der Waals surface area contributed by atoms with E-state index in [2.05, 4.69) is 21.9 Å². The summed E-state index contributed by atoms with van der Waals surface area (Å²) in [6, 6.07) is 4.26. The number of benzene rings is 1. The molecule has 2 nitrogen and oxygen atoms in total. The molecule has 0 heterocycles. The third-order valence-electron chi connectivity index (χ3n) is 1.26. The Morgan fingerprint density at radius 2 is 2.23 bits per heavy atom. The van der Waals surface area contributed by atoms with E-state index in [9.17, 15) is 9.18 Å². The number of aliphatic carboxylic acids is 1. The predicted octanol–water partition coefficient (Wildman–Crippen LogP) is 2.02. The second kappa shape index (κ2) is 4.06. The fourth-order valence-electron chi connectivity index (χ4n) is 0.721. The van der Waals surface area contributed by atoms with Crippen LogP contribution < -0.4 is 0 Å². The van der Waals surface area contributed by atoms with E-state index in [-0.39, 0.29) is 4.47 Å². The summed E-state index contributed by atoms with van der Waals surface area (Å²) in [5.74, 6) is 2.52. The van der Waals surface area contributed by atoms with Crippen LogP contribution in [0.4, 0.5) is 4.39 Å². The van der Waals surface area contributed by atoms with Gasteiger partial charge in [0.05, 0.1) is 4.47 Å². The highest BCUT2D eigenvalue weighted by molar-refractivity contribution is 9.10. The Kier molecular flexibility index (Phi) is 3.04. The molecular weight excluding hydrogens is 239 g/mol. The summed E-state index contributed by atoms with van der Waals surface area (Å²) in [4.78, 5) is 10.1. The Morgan fingerprint density at radius 1 is 1.54 bits per heavy atom. The molecule has 1 N–H and O–H groups in total. The van der Waals surface area contributed by atoms with Gasteiger partial charge in [-0.25, -0.2) is 9.18 Å². The molecular formula is C9H4BrFO2. The summed E-state index contributed by atoms with van der Waals surface area (Å²) < 4.78 is 13.0. The standard InChI is InChI=1S/C9H4BrFO2/c10-9-6(4-5-8(12)13)2-1-3-7(9)11/h1-3H,(H,12,13). The van der Waals surface area contributed by atoms with E-state index in [0.717, 1.165) is 0 Å². The Balaban J connectivity index is 3.11. The van der Waals surface area contributed by atoms with Crippen molar-refractivity contribution in [3.05, 3.63) is 34.1 Å². The Bertz CT molecular complexity index is 404. The van der Waals surface area contributed by atoms with Crippen molar-refractivity contribution < 1.29 is 14.3 Å². The molecule has 0 aliphatic carbocycles. The molecule has 0 aromatic heterocycles. The Hall–Kier alpha value is -1.34. The van der Waals surface area contributed by atoms with Crippen molar-refractivity contribution in [3.63, 3.8) is 0 Å². The molecule has 0 spiro atoms. The van der Waals surface area contributed by atoms with E-state index in [1.54, 1.807) is 0 Å². The average molecular weight is 243 g/mol. The molecule has 0 aliphatic rings. The number of hydrogen-bond donors (Lipinski definition) is 1. The van der Waals surface area contributed by atoms with E-state index in [1.807, 2.05) is 5.92 Å². The first-order valence-corrected chi connectivity index (χ1v) is 4.09. The average Bonchev–Trinajstić information content (AvgIpc) is 2.07. The number of rotatable bonds is 0. The maximum absolute atomic E-state index is 12.8. The Labute approximate surface area is 82.5 Å². The number of hydrogen-bond acceptors (Lipinski definition) is 1. The maximum atomic E-state index is 12.8. The summed E-state index contributed by atoms with van der Waals surface area (Å²) in [5, 5.41) is 8.25. The lowest BCUT2D eigenvalue weighted by Crippen LogP contribution is -1.88. The molecule has 0 bridgehead atoms. The molecule has 0 unspecified atom stereocenters. The number of carboxylic acids is 1. The van der Waals surface area contributed by atoms with Gasteiger partial charge < -0.3 is 5.11 Å². The van der Waals surface area contributed by atoms with Gasteiger partial charge in [0.15, 0.2) is 0 Å². The van der Waals surface area contributed by atoms with Crippen LogP contribution in [0, 0.1) is 17.7 Å². The third-order valence-corrected chi connectivity index (χ3v) is 2.06. The zero-order valence-electron chi connectivity index (χ0n) is 6.34. The van der Waals surface area contributed by atoms with Crippen molar-refractivity contribution in [1.82, 2.24) is 0 Å². The van der Waals surface area contributed by atoms with Crippen molar-refractivity contribution >= 4 is 21.9 Å². The van der Waals surface area contributed by atoms with Gasteiger partial charge in [0.1, 0.15) is 5.82 Å². The van der Waals surface area contributed by atoms with Crippen LogP contribution in [0.25, 0.3) is 0 Å². The second-order valence-corrected chi connectivity index (χ2v) is 2.95. The lowest BCUT2D eigenvalue weighted by Gasteiger charge is -1.95. The zero-order valence-corrected chi connectivity index (χ0v) is 7.93. The highest BCUT2D eigenvalue weighted by Crippen LogP contribution is 2.18. The summed E-state index contributed by atoms with van der Waals surface area (Å²) in [6.07, 6.45) is 0. The molecule has 0 fully saturated rings. The minimum absolute atomic E-state index is 0.184. The zero-order chi connectivity index (χ0) is 9.84. The SMILES string of the molecule is O=C(O)C#Cc1cccc(F)c1Br. The molecule has 0 aliphatic heterocycles. The first-order chi connectivity index (χ1) is 6.11. The van der Waals surface area contributed by atoms with Crippen LogP contribution >= 0.6 is 15.9 Å². The highest BCUT2D eigenvalue weighted by atomic mass is 79.9. The maximum Gasteiger partial charge on any atom is 0.382 e. The van der Waals surface area contributed by atoms with Gasteiger partial charge in [0.2, 0.25) is 0 Å². The van der Waals surface area contributed by atoms with E-state index in [1.165, 1.54) is 18.2 Å². The van der Waals surface area contributed by atoms with Crippen LogP contribution in [0.1, 0.15) is 5.56 Å². The molecule has 0 amide bonds. The predicted molar refractivity (Wildman–Crippen MR) is 48.6 cm³/mol. The lowest BCUT2D eigenvalue weighted by molar-refractivity contribution is -0.130. The molecule has 66 valence electrons. The van der Waals surface area contributed by atoms with E-state index in [0.29, 0.717) is 5.56 Å². The molecule has 1 aromatic carbocycles. The first-order valence-electron chi connectivity index (χ1n) is 3.30. The van der Waals surface area contributed by atoms with Crippen molar-refractivity contribution in [3.8, 4) is 11.8 Å². The number of carboxylic acid groups (broad SMARTS) is 1. The minimum atomic E-state index is -1.24. The molecule has 0 saturated heterocycles. The van der Waals surface area contributed by atoms with E-state index in [4.69, 9.17) is 5.11 Å². The topological polar surface area (TPSA) is 37.3 Å². The van der Waals surface area contributed by atoms with Gasteiger partial charge in [-0.15, -0.1) is 0 Å². The van der Waals surface area contributed by atoms with E-state index >= 15 is 0 Å². The Morgan fingerprint density at radius 3 is 2.85 bits per heavy atom. The van der Waals surface area contributed by atoms with E-state index < -0.39 is 11.8 Å². The normalized spacial score (nSPS) is 8.77. The fraction of sp³-hybridized carbons (Fsp3) is 0. The molecule has 1 aromatic rings. The van der Waals surface area contributed by atoms with Crippen LogP contribution in [-0.4, -0.2) is 11.1 Å². The monoisotopic (exact) mass is 242 g/mol. The smallest absolute Gasteiger partial charge is 0.382 e. The van der Waals surface area contributed by atoms with Gasteiger partial charge >= 0.3 is 5.97 Å². The van der Waals surface area contributed by atoms with Gasteiger partial charge in [0.25, 0.3) is 0 Å². The fourth-order valence-corrected chi connectivity index (χ4v) is 1.08. The lowest BCUT2D eigenvalue weighted by atomic mass is 10.2. The van der Waals surface area contributed by atoms with Crippen LogP contribution in [0.2, 0.25) is 0 Å². The van der Waals surface area contributed by atoms with Crippen LogP contribution in [0.3, 0.4) is 0 Å². The van der Waals surface area contributed by atoms with Crippen LogP contribution in [0.5, 0.6) is 0 Å². The third kappa shape index (κ3) is 2.56. The molecule has 1 rings (SSSR count). The summed E-state index contributed by atoms with van der Waals surface area (Å²) >= 11 is 2.96. The largest absolute Gasteiger partial charge is 0.472 e. The molecule has 0 saturated carbocycles. The summed E-state index contributed by atoms with van der Waals surface area (Å²) in [5.41, 5.74) is 0.322.